The number of carboxylic acid groups (broad SMARTS) is 1. The van der Waals surface area contributed by atoms with Gasteiger partial charge in [0.25, 0.3) is 0 Å². The van der Waals surface area contributed by atoms with E-state index in [4.69, 9.17) is 9.84 Å². The van der Waals surface area contributed by atoms with Crippen LogP contribution in [0, 0.1) is 5.82 Å². The molecule has 2 atom stereocenters. The molecule has 1 heterocycles. The summed E-state index contributed by atoms with van der Waals surface area (Å²) in [5.41, 5.74) is 0. The maximum Gasteiger partial charge on any atom is 0.326 e. The van der Waals surface area contributed by atoms with Crippen molar-refractivity contribution in [2.45, 2.75) is 25.0 Å². The number of benzene rings is 1. The van der Waals surface area contributed by atoms with Crippen LogP contribution in [0.4, 0.5) is 4.39 Å². The van der Waals surface area contributed by atoms with Gasteiger partial charge in [-0.2, -0.15) is 0 Å². The number of halogens is 1. The smallest absolute Gasteiger partial charge is 0.326 e. The van der Waals surface area contributed by atoms with Gasteiger partial charge in [-0.3, -0.25) is 4.79 Å². The number of aliphatic hydroxyl groups excluding tert-OH is 1. The molecule has 0 bridgehead atoms. The highest BCUT2D eigenvalue weighted by molar-refractivity contribution is 5.84. The number of rotatable bonds is 5. The summed E-state index contributed by atoms with van der Waals surface area (Å²) in [6.45, 7) is 0.0248. The molecule has 1 fully saturated rings. The summed E-state index contributed by atoms with van der Waals surface area (Å²) in [6, 6.07) is 4.53. The minimum absolute atomic E-state index is 0.00969. The van der Waals surface area contributed by atoms with Gasteiger partial charge in [0.05, 0.1) is 19.1 Å². The number of hydrogen-bond acceptors (Lipinski definition) is 4. The fourth-order valence-electron chi connectivity index (χ4n) is 2.28. The molecule has 2 N–H and O–H groups in total. The number of likely N-dealkylation sites (tertiary alicyclic amines) is 1. The number of carbonyl (C=O) groups excluding carboxylic acids is 1. The summed E-state index contributed by atoms with van der Waals surface area (Å²) in [5.74, 6) is -1.67. The van der Waals surface area contributed by atoms with Crippen molar-refractivity contribution < 1.29 is 28.9 Å². The van der Waals surface area contributed by atoms with E-state index in [1.54, 1.807) is 6.07 Å². The molecule has 0 aliphatic carbocycles. The average molecular weight is 297 g/mol. The Morgan fingerprint density at radius 1 is 1.43 bits per heavy atom. The number of hydrogen-bond donors (Lipinski definition) is 2. The highest BCUT2D eigenvalue weighted by Crippen LogP contribution is 2.19. The van der Waals surface area contributed by atoms with Crippen LogP contribution in [0.15, 0.2) is 24.3 Å². The molecule has 1 aromatic rings. The molecule has 0 aromatic heterocycles. The second-order valence-electron chi connectivity index (χ2n) is 4.85. The van der Waals surface area contributed by atoms with E-state index in [0.29, 0.717) is 5.75 Å². The number of carbonyl (C=O) groups is 2. The largest absolute Gasteiger partial charge is 0.493 e. The predicted octanol–water partition coefficient (Wildman–Crippen LogP) is 0.641. The summed E-state index contributed by atoms with van der Waals surface area (Å²) < 4.78 is 18.2. The van der Waals surface area contributed by atoms with Crippen LogP contribution in [0.25, 0.3) is 0 Å². The summed E-state index contributed by atoms with van der Waals surface area (Å²) in [7, 11) is 0. The van der Waals surface area contributed by atoms with Crippen LogP contribution in [0.3, 0.4) is 0 Å². The zero-order valence-electron chi connectivity index (χ0n) is 11.2. The third kappa shape index (κ3) is 3.91. The molecule has 21 heavy (non-hydrogen) atoms. The SMILES string of the molecule is O=C(O)[C@@H]1C[C@H](O)CN1C(=O)CCOc1cccc(F)c1. The Morgan fingerprint density at radius 2 is 2.19 bits per heavy atom. The first kappa shape index (κ1) is 15.2. The molecule has 0 radical (unpaired) electrons. The molecule has 0 saturated carbocycles. The Balaban J connectivity index is 1.85. The summed E-state index contributed by atoms with van der Waals surface area (Å²) >= 11 is 0. The lowest BCUT2D eigenvalue weighted by Gasteiger charge is -2.21. The van der Waals surface area contributed by atoms with E-state index in [1.807, 2.05) is 0 Å². The van der Waals surface area contributed by atoms with Crippen molar-refractivity contribution in [1.82, 2.24) is 4.90 Å². The van der Waals surface area contributed by atoms with Crippen molar-refractivity contribution in [3.8, 4) is 5.75 Å². The lowest BCUT2D eigenvalue weighted by atomic mass is 10.2. The summed E-state index contributed by atoms with van der Waals surface area (Å²) in [4.78, 5) is 24.1. The molecular weight excluding hydrogens is 281 g/mol. The van der Waals surface area contributed by atoms with E-state index in [1.165, 1.54) is 18.2 Å². The summed E-state index contributed by atoms with van der Waals surface area (Å²) in [5, 5.41) is 18.5. The number of aliphatic hydroxyl groups is 1. The highest BCUT2D eigenvalue weighted by atomic mass is 19.1. The van der Waals surface area contributed by atoms with E-state index in [-0.39, 0.29) is 26.0 Å². The van der Waals surface area contributed by atoms with E-state index >= 15 is 0 Å². The van der Waals surface area contributed by atoms with Crippen molar-refractivity contribution >= 4 is 11.9 Å². The average Bonchev–Trinajstić information content (AvgIpc) is 2.81. The predicted molar refractivity (Wildman–Crippen MR) is 70.3 cm³/mol. The number of aliphatic carboxylic acids is 1. The first-order chi connectivity index (χ1) is 9.97. The number of β-amino-alcohol motifs (C(OH)–C–C–N with tert-alkyl or cyclic N) is 1. The molecular formula is C14H16FNO5. The van der Waals surface area contributed by atoms with Gasteiger partial charge in [0, 0.05) is 19.0 Å². The highest BCUT2D eigenvalue weighted by Gasteiger charge is 2.38. The standard InChI is InChI=1S/C14H16FNO5/c15-9-2-1-3-11(6-9)21-5-4-13(18)16-8-10(17)7-12(16)14(19)20/h1-3,6,10,12,17H,4-5,7-8H2,(H,19,20)/t10-,12-/m0/s1. The topological polar surface area (TPSA) is 87.1 Å². The van der Waals surface area contributed by atoms with Crippen molar-refractivity contribution in [1.29, 1.82) is 0 Å². The molecule has 7 heteroatoms. The quantitative estimate of drug-likeness (QED) is 0.833. The Labute approximate surface area is 120 Å². The van der Waals surface area contributed by atoms with Gasteiger partial charge in [-0.05, 0) is 12.1 Å². The van der Waals surface area contributed by atoms with Gasteiger partial charge in [0.2, 0.25) is 5.91 Å². The third-order valence-electron chi connectivity index (χ3n) is 3.27. The van der Waals surface area contributed by atoms with E-state index in [9.17, 15) is 19.1 Å². The molecule has 1 amide bonds. The lowest BCUT2D eigenvalue weighted by molar-refractivity contribution is -0.148. The maximum absolute atomic E-state index is 12.9. The van der Waals surface area contributed by atoms with Crippen LogP contribution >= 0.6 is 0 Å². The lowest BCUT2D eigenvalue weighted by Crippen LogP contribution is -2.41. The number of amides is 1. The summed E-state index contributed by atoms with van der Waals surface area (Å²) in [6.07, 6.45) is -0.821. The van der Waals surface area contributed by atoms with Crippen molar-refractivity contribution in [2.75, 3.05) is 13.2 Å². The zero-order valence-corrected chi connectivity index (χ0v) is 11.2. The monoisotopic (exact) mass is 297 g/mol. The minimum Gasteiger partial charge on any atom is -0.493 e. The number of ether oxygens (including phenoxy) is 1. The molecule has 6 nitrogen and oxygen atoms in total. The van der Waals surface area contributed by atoms with Crippen LogP contribution in [0.2, 0.25) is 0 Å². The second-order valence-corrected chi connectivity index (χ2v) is 4.85. The number of nitrogens with zero attached hydrogens (tertiary/aromatic N) is 1. The molecule has 1 aliphatic heterocycles. The first-order valence-electron chi connectivity index (χ1n) is 6.56. The van der Waals surface area contributed by atoms with E-state index in [2.05, 4.69) is 0 Å². The molecule has 2 rings (SSSR count). The van der Waals surface area contributed by atoms with Gasteiger partial charge < -0.3 is 19.8 Å². The van der Waals surface area contributed by atoms with Gasteiger partial charge in [0.15, 0.2) is 0 Å². The van der Waals surface area contributed by atoms with Gasteiger partial charge in [-0.15, -0.1) is 0 Å². The van der Waals surface area contributed by atoms with Crippen LogP contribution in [0.1, 0.15) is 12.8 Å². The maximum atomic E-state index is 12.9. The van der Waals surface area contributed by atoms with Crippen LogP contribution in [0.5, 0.6) is 5.75 Å². The Bertz CT molecular complexity index is 536. The van der Waals surface area contributed by atoms with Crippen molar-refractivity contribution in [2.24, 2.45) is 0 Å². The fourth-order valence-corrected chi connectivity index (χ4v) is 2.28. The zero-order chi connectivity index (χ0) is 15.4. The Morgan fingerprint density at radius 3 is 2.86 bits per heavy atom. The minimum atomic E-state index is -1.13. The van der Waals surface area contributed by atoms with Gasteiger partial charge in [-0.25, -0.2) is 9.18 Å². The van der Waals surface area contributed by atoms with Crippen LogP contribution in [-0.2, 0) is 9.59 Å². The van der Waals surface area contributed by atoms with Crippen LogP contribution < -0.4 is 4.74 Å². The Hall–Kier alpha value is -2.15. The molecule has 0 spiro atoms. The molecule has 1 aromatic carbocycles. The Kier molecular flexibility index (Phi) is 4.74. The molecule has 0 unspecified atom stereocenters. The van der Waals surface area contributed by atoms with Crippen molar-refractivity contribution in [3.05, 3.63) is 30.1 Å². The van der Waals surface area contributed by atoms with Gasteiger partial charge in [0.1, 0.15) is 17.6 Å². The van der Waals surface area contributed by atoms with E-state index < -0.39 is 29.8 Å². The molecule has 114 valence electrons. The van der Waals surface area contributed by atoms with Crippen molar-refractivity contribution in [3.63, 3.8) is 0 Å². The number of carboxylic acids is 1. The molecule has 1 aliphatic rings. The normalized spacial score (nSPS) is 21.3. The van der Waals surface area contributed by atoms with E-state index in [0.717, 1.165) is 4.90 Å². The fraction of sp³-hybridized carbons (Fsp3) is 0.429. The van der Waals surface area contributed by atoms with Gasteiger partial charge >= 0.3 is 5.97 Å². The first-order valence-corrected chi connectivity index (χ1v) is 6.56. The van der Waals surface area contributed by atoms with Crippen LogP contribution in [-0.4, -0.2) is 52.3 Å². The molecule has 1 saturated heterocycles. The van der Waals surface area contributed by atoms with Gasteiger partial charge in [-0.1, -0.05) is 6.07 Å². The second kappa shape index (κ2) is 6.53. The third-order valence-corrected chi connectivity index (χ3v) is 3.27.